The Bertz CT molecular complexity index is 749. The number of hydrogen-bond donors (Lipinski definition) is 0. The summed E-state index contributed by atoms with van der Waals surface area (Å²) in [5, 5.41) is 0.732. The highest BCUT2D eigenvalue weighted by atomic mass is 35.5. The van der Waals surface area contributed by atoms with Crippen LogP contribution in [0.3, 0.4) is 0 Å². The Hall–Kier alpha value is -2.13. The number of aldehydes is 1. The molecule has 0 N–H and O–H groups in total. The SMILES string of the molecule is O=Cc1cccn2cc(Cc3ccccc3Cl)nc12. The molecule has 0 unspecified atom stereocenters. The Morgan fingerprint density at radius 1 is 1.21 bits per heavy atom. The van der Waals surface area contributed by atoms with Crippen molar-refractivity contribution in [2.75, 3.05) is 0 Å². The van der Waals surface area contributed by atoms with Gasteiger partial charge in [0.05, 0.1) is 11.3 Å². The number of halogens is 1. The fourth-order valence-electron chi connectivity index (χ4n) is 2.10. The lowest BCUT2D eigenvalue weighted by molar-refractivity contribution is 0.112. The van der Waals surface area contributed by atoms with Crippen molar-refractivity contribution in [3.8, 4) is 0 Å². The highest BCUT2D eigenvalue weighted by Crippen LogP contribution is 2.19. The van der Waals surface area contributed by atoms with E-state index >= 15 is 0 Å². The zero-order chi connectivity index (χ0) is 13.2. The van der Waals surface area contributed by atoms with Gasteiger partial charge in [0.1, 0.15) is 5.65 Å². The van der Waals surface area contributed by atoms with Gasteiger partial charge in [0.15, 0.2) is 6.29 Å². The van der Waals surface area contributed by atoms with E-state index in [1.54, 1.807) is 6.07 Å². The molecule has 94 valence electrons. The van der Waals surface area contributed by atoms with Gasteiger partial charge in [-0.15, -0.1) is 0 Å². The highest BCUT2D eigenvalue weighted by molar-refractivity contribution is 6.31. The molecule has 0 aliphatic rings. The van der Waals surface area contributed by atoms with Gasteiger partial charge in [0.25, 0.3) is 0 Å². The first-order chi connectivity index (χ1) is 9.28. The highest BCUT2D eigenvalue weighted by Gasteiger charge is 2.07. The Morgan fingerprint density at radius 2 is 2.05 bits per heavy atom. The van der Waals surface area contributed by atoms with Crippen molar-refractivity contribution in [3.05, 3.63) is 70.6 Å². The summed E-state index contributed by atoms with van der Waals surface area (Å²) < 4.78 is 1.86. The molecule has 0 bridgehead atoms. The molecule has 0 amide bonds. The summed E-state index contributed by atoms with van der Waals surface area (Å²) in [5.41, 5.74) is 3.19. The van der Waals surface area contributed by atoms with Crippen molar-refractivity contribution >= 4 is 23.5 Å². The van der Waals surface area contributed by atoms with E-state index < -0.39 is 0 Å². The molecule has 3 aromatic rings. The Kier molecular flexibility index (Phi) is 3.05. The minimum atomic E-state index is 0.591. The summed E-state index contributed by atoms with van der Waals surface area (Å²) >= 11 is 6.14. The summed E-state index contributed by atoms with van der Waals surface area (Å²) in [4.78, 5) is 15.5. The molecule has 2 aromatic heterocycles. The summed E-state index contributed by atoms with van der Waals surface area (Å²) in [5.74, 6) is 0. The molecular weight excluding hydrogens is 260 g/mol. The standard InChI is InChI=1S/C15H11ClN2O/c16-14-6-2-1-4-11(14)8-13-9-18-7-3-5-12(10-19)15(18)17-13/h1-7,9-10H,8H2. The molecular formula is C15H11ClN2O. The van der Waals surface area contributed by atoms with E-state index in [-0.39, 0.29) is 0 Å². The van der Waals surface area contributed by atoms with E-state index in [1.807, 2.05) is 47.1 Å². The quantitative estimate of drug-likeness (QED) is 0.684. The normalized spacial score (nSPS) is 10.8. The first-order valence-corrected chi connectivity index (χ1v) is 6.31. The molecule has 2 heterocycles. The molecule has 19 heavy (non-hydrogen) atoms. The third-order valence-corrected chi connectivity index (χ3v) is 3.39. The molecule has 0 aliphatic heterocycles. The van der Waals surface area contributed by atoms with Crippen LogP contribution in [0.15, 0.2) is 48.8 Å². The molecule has 4 heteroatoms. The summed E-state index contributed by atoms with van der Waals surface area (Å²) in [7, 11) is 0. The van der Waals surface area contributed by atoms with Crippen molar-refractivity contribution in [2.24, 2.45) is 0 Å². The van der Waals surface area contributed by atoms with E-state index in [0.717, 1.165) is 22.6 Å². The van der Waals surface area contributed by atoms with Crippen LogP contribution in [-0.4, -0.2) is 15.7 Å². The lowest BCUT2D eigenvalue weighted by atomic mass is 10.1. The monoisotopic (exact) mass is 270 g/mol. The van der Waals surface area contributed by atoms with Gasteiger partial charge < -0.3 is 4.40 Å². The van der Waals surface area contributed by atoms with Crippen LogP contribution in [0.2, 0.25) is 5.02 Å². The smallest absolute Gasteiger partial charge is 0.153 e. The second kappa shape index (κ2) is 4.86. The van der Waals surface area contributed by atoms with Crippen LogP contribution in [0.1, 0.15) is 21.6 Å². The number of rotatable bonds is 3. The molecule has 3 nitrogen and oxygen atoms in total. The minimum absolute atomic E-state index is 0.591. The Labute approximate surface area is 115 Å². The second-order valence-corrected chi connectivity index (χ2v) is 4.72. The topological polar surface area (TPSA) is 34.4 Å². The fraction of sp³-hybridized carbons (Fsp3) is 0.0667. The first kappa shape index (κ1) is 11.9. The average molecular weight is 271 g/mol. The predicted octanol–water partition coefficient (Wildman–Crippen LogP) is 3.39. The lowest BCUT2D eigenvalue weighted by Gasteiger charge is -2.00. The molecule has 0 saturated heterocycles. The van der Waals surface area contributed by atoms with Crippen LogP contribution in [-0.2, 0) is 6.42 Å². The number of benzene rings is 1. The number of fused-ring (bicyclic) bond motifs is 1. The van der Waals surface area contributed by atoms with Gasteiger partial charge in [-0.1, -0.05) is 29.8 Å². The number of aromatic nitrogens is 2. The number of pyridine rings is 1. The molecule has 1 aromatic carbocycles. The van der Waals surface area contributed by atoms with E-state index in [9.17, 15) is 4.79 Å². The molecule has 0 radical (unpaired) electrons. The second-order valence-electron chi connectivity index (χ2n) is 4.31. The van der Waals surface area contributed by atoms with Crippen LogP contribution >= 0.6 is 11.6 Å². The van der Waals surface area contributed by atoms with Crippen molar-refractivity contribution in [1.82, 2.24) is 9.38 Å². The first-order valence-electron chi connectivity index (χ1n) is 5.93. The van der Waals surface area contributed by atoms with Crippen molar-refractivity contribution < 1.29 is 4.79 Å². The zero-order valence-electron chi connectivity index (χ0n) is 10.1. The maximum atomic E-state index is 11.0. The molecule has 3 rings (SSSR count). The molecule has 0 fully saturated rings. The fourth-order valence-corrected chi connectivity index (χ4v) is 2.30. The van der Waals surface area contributed by atoms with Crippen molar-refractivity contribution in [2.45, 2.75) is 6.42 Å². The third kappa shape index (κ3) is 2.25. The molecule has 0 aliphatic carbocycles. The molecule has 0 spiro atoms. The van der Waals surface area contributed by atoms with Gasteiger partial charge >= 0.3 is 0 Å². The summed E-state index contributed by atoms with van der Waals surface area (Å²) in [6.07, 6.45) is 5.28. The maximum Gasteiger partial charge on any atom is 0.153 e. The summed E-state index contributed by atoms with van der Waals surface area (Å²) in [6, 6.07) is 11.3. The van der Waals surface area contributed by atoms with E-state index in [0.29, 0.717) is 17.6 Å². The lowest BCUT2D eigenvalue weighted by Crippen LogP contribution is -1.89. The molecule has 0 atom stereocenters. The van der Waals surface area contributed by atoms with Gasteiger partial charge in [-0.2, -0.15) is 0 Å². The maximum absolute atomic E-state index is 11.0. The van der Waals surface area contributed by atoms with Crippen LogP contribution < -0.4 is 0 Å². The van der Waals surface area contributed by atoms with Crippen LogP contribution in [0.5, 0.6) is 0 Å². The number of hydrogen-bond acceptors (Lipinski definition) is 2. The largest absolute Gasteiger partial charge is 0.306 e. The number of carbonyl (C=O) groups excluding carboxylic acids is 1. The van der Waals surface area contributed by atoms with E-state index in [1.165, 1.54) is 0 Å². The average Bonchev–Trinajstić information content (AvgIpc) is 2.83. The Morgan fingerprint density at radius 3 is 2.84 bits per heavy atom. The third-order valence-electron chi connectivity index (χ3n) is 3.02. The van der Waals surface area contributed by atoms with Crippen molar-refractivity contribution in [1.29, 1.82) is 0 Å². The van der Waals surface area contributed by atoms with Gasteiger partial charge in [-0.05, 0) is 23.8 Å². The zero-order valence-corrected chi connectivity index (χ0v) is 10.8. The predicted molar refractivity (Wildman–Crippen MR) is 74.8 cm³/mol. The Balaban J connectivity index is 2.03. The van der Waals surface area contributed by atoms with Crippen LogP contribution in [0.25, 0.3) is 5.65 Å². The number of nitrogens with zero attached hydrogens (tertiary/aromatic N) is 2. The van der Waals surface area contributed by atoms with Crippen LogP contribution in [0, 0.1) is 0 Å². The van der Waals surface area contributed by atoms with Crippen LogP contribution in [0.4, 0.5) is 0 Å². The number of carbonyl (C=O) groups is 1. The minimum Gasteiger partial charge on any atom is -0.306 e. The van der Waals surface area contributed by atoms with E-state index in [4.69, 9.17) is 11.6 Å². The van der Waals surface area contributed by atoms with Gasteiger partial charge in [-0.3, -0.25) is 4.79 Å². The van der Waals surface area contributed by atoms with Gasteiger partial charge in [-0.25, -0.2) is 4.98 Å². The summed E-state index contributed by atoms with van der Waals surface area (Å²) in [6.45, 7) is 0. The van der Waals surface area contributed by atoms with Gasteiger partial charge in [0.2, 0.25) is 0 Å². The van der Waals surface area contributed by atoms with Gasteiger partial charge in [0, 0.05) is 23.8 Å². The van der Waals surface area contributed by atoms with E-state index in [2.05, 4.69) is 4.98 Å². The molecule has 0 saturated carbocycles. The number of imidazole rings is 1. The van der Waals surface area contributed by atoms with Crippen molar-refractivity contribution in [3.63, 3.8) is 0 Å².